The largest absolute Gasteiger partial charge is 0.505 e. The van der Waals surface area contributed by atoms with Gasteiger partial charge in [-0.1, -0.05) is 48.7 Å². The minimum absolute atomic E-state index is 0.0314. The van der Waals surface area contributed by atoms with Gasteiger partial charge < -0.3 is 30.1 Å². The van der Waals surface area contributed by atoms with Crippen LogP contribution in [-0.2, 0) is 28.7 Å². The highest BCUT2D eigenvalue weighted by molar-refractivity contribution is 6.37. The van der Waals surface area contributed by atoms with Gasteiger partial charge in [0.1, 0.15) is 18.6 Å². The summed E-state index contributed by atoms with van der Waals surface area (Å²) in [5.74, 6) is -3.34. The Hall–Kier alpha value is -3.87. The van der Waals surface area contributed by atoms with Crippen molar-refractivity contribution in [1.82, 2.24) is 10.6 Å². The van der Waals surface area contributed by atoms with E-state index in [9.17, 15) is 29.1 Å². The Morgan fingerprint density at radius 2 is 1.76 bits per heavy atom. The molecule has 0 spiro atoms. The third kappa shape index (κ3) is 6.94. The lowest BCUT2D eigenvalue weighted by molar-refractivity contribution is -0.165. The van der Waals surface area contributed by atoms with E-state index in [0.29, 0.717) is 12.3 Å². The van der Waals surface area contributed by atoms with Crippen LogP contribution in [-0.4, -0.2) is 72.8 Å². The van der Waals surface area contributed by atoms with Gasteiger partial charge >= 0.3 is 5.97 Å². The summed E-state index contributed by atoms with van der Waals surface area (Å²) in [6.07, 6.45) is 0.567. The number of halogens is 2. The van der Waals surface area contributed by atoms with Gasteiger partial charge in [0.15, 0.2) is 5.75 Å². The number of nitrogens with one attached hydrogen (secondary N) is 2. The number of carbonyl (C=O) groups is 5. The number of anilines is 2. The number of nitrogens with zero attached hydrogens (tertiary/aromatic N) is 2. The molecule has 4 rings (SSSR count). The Morgan fingerprint density at radius 3 is 2.40 bits per heavy atom. The van der Waals surface area contributed by atoms with Gasteiger partial charge in [-0.2, -0.15) is 0 Å². The zero-order valence-electron chi connectivity index (χ0n) is 22.9. The Morgan fingerprint density at radius 1 is 1.10 bits per heavy atom. The number of hydrogen-bond acceptors (Lipinski definition) is 8. The van der Waals surface area contributed by atoms with Gasteiger partial charge in [0, 0.05) is 12.5 Å². The molecule has 1 fully saturated rings. The number of hydrogen-bond donors (Lipinski definition) is 3. The van der Waals surface area contributed by atoms with Crippen molar-refractivity contribution >= 4 is 64.2 Å². The van der Waals surface area contributed by atoms with Gasteiger partial charge in [0.05, 0.1) is 41.0 Å². The van der Waals surface area contributed by atoms with Gasteiger partial charge in [-0.25, -0.2) is 0 Å². The minimum atomic E-state index is -1.28. The summed E-state index contributed by atoms with van der Waals surface area (Å²) in [5.41, 5.74) is 0.602. The second-order valence-corrected chi connectivity index (χ2v) is 10.6. The fourth-order valence-corrected chi connectivity index (χ4v) is 5.13. The average Bonchev–Trinajstić information content (AvgIpc) is 3.24. The Labute approximate surface area is 251 Å². The van der Waals surface area contributed by atoms with Crippen LogP contribution in [0.3, 0.4) is 0 Å². The van der Waals surface area contributed by atoms with Gasteiger partial charge in [0.2, 0.25) is 18.1 Å². The quantitative estimate of drug-likeness (QED) is 0.285. The number of benzene rings is 2. The monoisotopic (exact) mass is 620 g/mol. The van der Waals surface area contributed by atoms with Gasteiger partial charge in [-0.15, -0.1) is 0 Å². The fraction of sp³-hybridized carbons (Fsp3) is 0.393. The molecule has 2 aromatic carbocycles. The zero-order valence-corrected chi connectivity index (χ0v) is 24.4. The molecule has 14 heteroatoms. The number of phenols is 1. The molecule has 3 atom stereocenters. The van der Waals surface area contributed by atoms with Crippen LogP contribution in [0.5, 0.6) is 5.75 Å². The smallest absolute Gasteiger partial charge is 0.310 e. The van der Waals surface area contributed by atoms with E-state index in [1.165, 1.54) is 28.9 Å². The Balaban J connectivity index is 1.59. The molecule has 12 nitrogen and oxygen atoms in total. The lowest BCUT2D eigenvalue weighted by Crippen LogP contribution is -2.55. The summed E-state index contributed by atoms with van der Waals surface area (Å²) in [6, 6.07) is 6.87. The first-order valence-electron chi connectivity index (χ1n) is 13.3. The second kappa shape index (κ2) is 13.4. The predicted octanol–water partition coefficient (Wildman–Crippen LogP) is 2.77. The second-order valence-electron chi connectivity index (χ2n) is 9.82. The van der Waals surface area contributed by atoms with E-state index in [0.717, 1.165) is 12.8 Å². The van der Waals surface area contributed by atoms with E-state index in [1.54, 1.807) is 24.3 Å². The fourth-order valence-electron chi connectivity index (χ4n) is 4.64. The van der Waals surface area contributed by atoms with Gasteiger partial charge in [-0.3, -0.25) is 28.9 Å². The maximum Gasteiger partial charge on any atom is 0.310 e. The molecule has 2 unspecified atom stereocenters. The van der Waals surface area contributed by atoms with E-state index in [4.69, 9.17) is 32.7 Å². The van der Waals surface area contributed by atoms with Crippen LogP contribution in [0.15, 0.2) is 36.4 Å². The molecule has 2 aliphatic heterocycles. The molecule has 3 N–H and O–H groups in total. The molecule has 4 amide bonds. The molecule has 0 aliphatic carbocycles. The van der Waals surface area contributed by atoms with Crippen molar-refractivity contribution in [3.8, 4) is 5.75 Å². The zero-order chi connectivity index (χ0) is 30.6. The van der Waals surface area contributed by atoms with E-state index in [1.807, 2.05) is 6.92 Å². The van der Waals surface area contributed by atoms with Crippen LogP contribution in [0, 0.1) is 0 Å². The highest BCUT2D eigenvalue weighted by Crippen LogP contribution is 2.34. The Kier molecular flexibility index (Phi) is 9.92. The molecule has 2 aromatic rings. The van der Waals surface area contributed by atoms with Crippen molar-refractivity contribution in [3.63, 3.8) is 0 Å². The van der Waals surface area contributed by atoms with E-state index in [2.05, 4.69) is 10.6 Å². The minimum Gasteiger partial charge on any atom is -0.505 e. The van der Waals surface area contributed by atoms with Gasteiger partial charge in [0.25, 0.3) is 11.8 Å². The van der Waals surface area contributed by atoms with Crippen molar-refractivity contribution in [2.24, 2.45) is 0 Å². The number of para-hydroxylation sites is 2. The third-order valence-electron chi connectivity index (χ3n) is 6.75. The molecular formula is C28H30Cl2N4O8. The van der Waals surface area contributed by atoms with Crippen LogP contribution < -0.4 is 20.4 Å². The normalized spacial score (nSPS) is 20.0. The summed E-state index contributed by atoms with van der Waals surface area (Å²) in [4.78, 5) is 67.4. The number of carbonyl (C=O) groups excluding carboxylic acids is 5. The predicted molar refractivity (Wildman–Crippen MR) is 153 cm³/mol. The molecular weight excluding hydrogens is 591 g/mol. The highest BCUT2D eigenvalue weighted by Gasteiger charge is 2.40. The first kappa shape index (κ1) is 31.1. The first-order valence-corrected chi connectivity index (χ1v) is 14.0. The number of aromatic hydroxyl groups is 1. The lowest BCUT2D eigenvalue weighted by atomic mass is 10.1. The number of unbranched alkanes of at least 4 members (excludes halogenated alkanes) is 1. The number of rotatable bonds is 9. The molecule has 2 heterocycles. The van der Waals surface area contributed by atoms with E-state index in [-0.39, 0.29) is 34.3 Å². The summed E-state index contributed by atoms with van der Waals surface area (Å²) in [7, 11) is 0. The summed E-state index contributed by atoms with van der Waals surface area (Å²) in [5, 5.41) is 14.8. The van der Waals surface area contributed by atoms with Crippen molar-refractivity contribution in [2.45, 2.75) is 51.5 Å². The summed E-state index contributed by atoms with van der Waals surface area (Å²) >= 11 is 11.9. The molecule has 2 aliphatic rings. The number of cyclic esters (lactones) is 1. The SMILES string of the molecule is CCCCOC1OC(=O)CC1NC(=O)CN1C(=O)[C@@H](NC(=O)c2cc(Cl)c(O)c(Cl)c2)CN(C(C)=O)c2ccccc21. The molecule has 42 heavy (non-hydrogen) atoms. The lowest BCUT2D eigenvalue weighted by Gasteiger charge is -2.26. The van der Waals surface area contributed by atoms with Crippen molar-refractivity contribution in [3.05, 3.63) is 52.0 Å². The maximum absolute atomic E-state index is 13.9. The standard InChI is InChI=1S/C28H30Cl2N4O8/c1-3-4-9-41-28-19(12-24(37)42-28)31-23(36)14-34-22-8-6-5-7-21(22)33(15(2)35)13-20(27(34)40)32-26(39)16-10-17(29)25(38)18(30)11-16/h5-8,10-11,19-20,28,38H,3-4,9,12-14H2,1-2H3,(H,31,36)(H,32,39)/t19?,20-,28?/m0/s1. The number of fused-ring (bicyclic) bond motifs is 1. The Bertz CT molecular complexity index is 1380. The number of phenolic OH excluding ortho intramolecular Hbond substituents is 1. The van der Waals surface area contributed by atoms with Gasteiger partial charge in [-0.05, 0) is 30.7 Å². The average molecular weight is 621 g/mol. The van der Waals surface area contributed by atoms with Crippen LogP contribution >= 0.6 is 23.2 Å². The molecule has 1 saturated heterocycles. The number of ether oxygens (including phenoxy) is 2. The number of amides is 4. The molecule has 224 valence electrons. The molecule has 0 bridgehead atoms. The summed E-state index contributed by atoms with van der Waals surface area (Å²) in [6.45, 7) is 2.93. The highest BCUT2D eigenvalue weighted by atomic mass is 35.5. The first-order chi connectivity index (χ1) is 20.0. The van der Waals surface area contributed by atoms with E-state index < -0.39 is 60.3 Å². The third-order valence-corrected chi connectivity index (χ3v) is 7.32. The molecule has 0 aromatic heterocycles. The van der Waals surface area contributed by atoms with Crippen molar-refractivity contribution in [1.29, 1.82) is 0 Å². The van der Waals surface area contributed by atoms with E-state index >= 15 is 0 Å². The van der Waals surface area contributed by atoms with Crippen LogP contribution in [0.2, 0.25) is 10.0 Å². The van der Waals surface area contributed by atoms with Crippen LogP contribution in [0.1, 0.15) is 43.5 Å². The van der Waals surface area contributed by atoms with Crippen molar-refractivity contribution < 1.29 is 38.6 Å². The van der Waals surface area contributed by atoms with Crippen LogP contribution in [0.4, 0.5) is 11.4 Å². The van der Waals surface area contributed by atoms with Crippen molar-refractivity contribution in [2.75, 3.05) is 29.5 Å². The number of esters is 1. The maximum atomic E-state index is 13.9. The topological polar surface area (TPSA) is 155 Å². The molecule has 0 radical (unpaired) electrons. The summed E-state index contributed by atoms with van der Waals surface area (Å²) < 4.78 is 10.8. The van der Waals surface area contributed by atoms with Crippen LogP contribution in [0.25, 0.3) is 0 Å². The molecule has 0 saturated carbocycles.